The number of amides is 2. The topological polar surface area (TPSA) is 70.1 Å². The molecule has 1 atom stereocenters. The molecule has 0 saturated carbocycles. The first kappa shape index (κ1) is 15.1. The lowest BCUT2D eigenvalue weighted by molar-refractivity contribution is -0.154. The number of urea groups is 1. The van der Waals surface area contributed by atoms with Crippen LogP contribution in [0.4, 0.5) is 4.79 Å². The van der Waals surface area contributed by atoms with E-state index in [0.717, 1.165) is 32.4 Å². The van der Waals surface area contributed by atoms with Gasteiger partial charge in [-0.3, -0.25) is 0 Å². The highest BCUT2D eigenvalue weighted by Crippen LogP contribution is 2.34. The summed E-state index contributed by atoms with van der Waals surface area (Å²) in [5.41, 5.74) is 0.339. The maximum atomic E-state index is 12.4. The minimum Gasteiger partial charge on any atom is -0.479 e. The number of hydrogen-bond donors (Lipinski definition) is 1. The van der Waals surface area contributed by atoms with Crippen molar-refractivity contribution in [2.45, 2.75) is 39.2 Å². The molecule has 2 heterocycles. The van der Waals surface area contributed by atoms with Gasteiger partial charge in [0.1, 0.15) is 0 Å². The third-order valence-corrected chi connectivity index (χ3v) is 4.71. The number of piperidine rings is 1. The summed E-state index contributed by atoms with van der Waals surface area (Å²) in [7, 11) is 0. The smallest absolute Gasteiger partial charge is 0.334 e. The number of carbonyl (C=O) groups is 2. The van der Waals surface area contributed by atoms with E-state index >= 15 is 0 Å². The standard InChI is InChI=1S/C14H24N2O4/c1-3-14(2)4-6-15(7-5-14)13(19)16-8-9-20-11(10-16)12(17)18/h11H,3-10H2,1-2H3,(H,17,18). The summed E-state index contributed by atoms with van der Waals surface area (Å²) in [5.74, 6) is -1.00. The highest BCUT2D eigenvalue weighted by molar-refractivity contribution is 5.77. The first-order chi connectivity index (χ1) is 9.45. The maximum Gasteiger partial charge on any atom is 0.334 e. The van der Waals surface area contributed by atoms with E-state index in [0.29, 0.717) is 18.6 Å². The Hall–Kier alpha value is -1.30. The summed E-state index contributed by atoms with van der Waals surface area (Å²) >= 11 is 0. The highest BCUT2D eigenvalue weighted by Gasteiger charge is 2.35. The van der Waals surface area contributed by atoms with Crippen LogP contribution in [-0.4, -0.2) is 65.8 Å². The lowest BCUT2D eigenvalue weighted by Crippen LogP contribution is -2.54. The van der Waals surface area contributed by atoms with E-state index in [1.165, 1.54) is 0 Å². The van der Waals surface area contributed by atoms with Crippen molar-refractivity contribution in [2.75, 3.05) is 32.8 Å². The normalized spacial score (nSPS) is 26.4. The third kappa shape index (κ3) is 3.23. The SMILES string of the molecule is CCC1(C)CCN(C(=O)N2CCOC(C(=O)O)C2)CC1. The van der Waals surface area contributed by atoms with E-state index in [-0.39, 0.29) is 12.6 Å². The van der Waals surface area contributed by atoms with Crippen LogP contribution in [0.25, 0.3) is 0 Å². The van der Waals surface area contributed by atoms with E-state index in [9.17, 15) is 9.59 Å². The molecule has 1 unspecified atom stereocenters. The van der Waals surface area contributed by atoms with Crippen LogP contribution in [0.15, 0.2) is 0 Å². The molecule has 2 aliphatic heterocycles. The molecule has 0 aromatic rings. The fourth-order valence-corrected chi connectivity index (χ4v) is 2.76. The molecule has 0 spiro atoms. The van der Waals surface area contributed by atoms with Gasteiger partial charge in [-0.2, -0.15) is 0 Å². The minimum absolute atomic E-state index is 0.0438. The number of hydrogen-bond acceptors (Lipinski definition) is 3. The van der Waals surface area contributed by atoms with Gasteiger partial charge in [0.2, 0.25) is 0 Å². The number of aliphatic carboxylic acids is 1. The van der Waals surface area contributed by atoms with Crippen LogP contribution in [0, 0.1) is 5.41 Å². The lowest BCUT2D eigenvalue weighted by Gasteiger charge is -2.41. The predicted molar refractivity (Wildman–Crippen MR) is 73.5 cm³/mol. The summed E-state index contributed by atoms with van der Waals surface area (Å²) < 4.78 is 5.15. The maximum absolute atomic E-state index is 12.4. The van der Waals surface area contributed by atoms with Gasteiger partial charge in [-0.25, -0.2) is 9.59 Å². The Morgan fingerprint density at radius 2 is 1.90 bits per heavy atom. The Morgan fingerprint density at radius 1 is 1.25 bits per heavy atom. The Bertz CT molecular complexity index is 377. The average Bonchev–Trinajstić information content (AvgIpc) is 2.47. The fraction of sp³-hybridized carbons (Fsp3) is 0.857. The zero-order valence-electron chi connectivity index (χ0n) is 12.3. The molecule has 2 fully saturated rings. The number of rotatable bonds is 2. The molecule has 20 heavy (non-hydrogen) atoms. The Labute approximate surface area is 119 Å². The van der Waals surface area contributed by atoms with E-state index in [4.69, 9.17) is 9.84 Å². The van der Waals surface area contributed by atoms with Gasteiger partial charge >= 0.3 is 12.0 Å². The molecule has 0 radical (unpaired) electrons. The summed E-state index contributed by atoms with van der Waals surface area (Å²) in [6, 6.07) is -0.0438. The van der Waals surface area contributed by atoms with Crippen molar-refractivity contribution in [1.82, 2.24) is 9.80 Å². The zero-order chi connectivity index (χ0) is 14.8. The van der Waals surface area contributed by atoms with Crippen molar-refractivity contribution in [2.24, 2.45) is 5.41 Å². The first-order valence-corrected chi connectivity index (χ1v) is 7.33. The van der Waals surface area contributed by atoms with Crippen molar-refractivity contribution in [1.29, 1.82) is 0 Å². The Morgan fingerprint density at radius 3 is 2.45 bits per heavy atom. The predicted octanol–water partition coefficient (Wildman–Crippen LogP) is 1.40. The van der Waals surface area contributed by atoms with Crippen molar-refractivity contribution in [3.8, 4) is 0 Å². The van der Waals surface area contributed by atoms with Gasteiger partial charge in [-0.05, 0) is 18.3 Å². The highest BCUT2D eigenvalue weighted by atomic mass is 16.5. The second-order valence-electron chi connectivity index (χ2n) is 6.08. The van der Waals surface area contributed by atoms with E-state index in [1.54, 1.807) is 4.90 Å². The van der Waals surface area contributed by atoms with Gasteiger partial charge in [-0.1, -0.05) is 20.3 Å². The Kier molecular flexibility index (Phi) is 4.52. The quantitative estimate of drug-likeness (QED) is 0.832. The number of morpholine rings is 1. The molecule has 0 aromatic heterocycles. The molecular weight excluding hydrogens is 260 g/mol. The van der Waals surface area contributed by atoms with Gasteiger partial charge in [-0.15, -0.1) is 0 Å². The van der Waals surface area contributed by atoms with E-state index < -0.39 is 12.1 Å². The molecule has 2 rings (SSSR count). The molecule has 114 valence electrons. The monoisotopic (exact) mass is 284 g/mol. The van der Waals surface area contributed by atoms with Gasteiger partial charge in [0.25, 0.3) is 0 Å². The number of nitrogens with zero attached hydrogens (tertiary/aromatic N) is 2. The number of carboxylic acid groups (broad SMARTS) is 1. The lowest BCUT2D eigenvalue weighted by atomic mass is 9.78. The molecule has 2 aliphatic rings. The molecule has 6 heteroatoms. The van der Waals surface area contributed by atoms with E-state index in [1.807, 2.05) is 4.90 Å². The summed E-state index contributed by atoms with van der Waals surface area (Å²) in [6.45, 7) is 6.90. The summed E-state index contributed by atoms with van der Waals surface area (Å²) in [6.07, 6.45) is 2.27. The van der Waals surface area contributed by atoms with Crippen molar-refractivity contribution in [3.63, 3.8) is 0 Å². The van der Waals surface area contributed by atoms with Crippen LogP contribution in [0.5, 0.6) is 0 Å². The van der Waals surface area contributed by atoms with Crippen LogP contribution in [-0.2, 0) is 9.53 Å². The fourth-order valence-electron chi connectivity index (χ4n) is 2.76. The minimum atomic E-state index is -1.00. The van der Waals surface area contributed by atoms with Crippen molar-refractivity contribution < 1.29 is 19.4 Å². The van der Waals surface area contributed by atoms with Crippen LogP contribution in [0.2, 0.25) is 0 Å². The molecule has 6 nitrogen and oxygen atoms in total. The zero-order valence-corrected chi connectivity index (χ0v) is 12.3. The molecule has 0 bridgehead atoms. The molecule has 2 saturated heterocycles. The number of carboxylic acids is 1. The second-order valence-corrected chi connectivity index (χ2v) is 6.08. The average molecular weight is 284 g/mol. The third-order valence-electron chi connectivity index (χ3n) is 4.71. The molecule has 2 amide bonds. The first-order valence-electron chi connectivity index (χ1n) is 7.33. The van der Waals surface area contributed by atoms with E-state index in [2.05, 4.69) is 13.8 Å². The van der Waals surface area contributed by atoms with Gasteiger partial charge in [0.15, 0.2) is 6.10 Å². The molecular formula is C14H24N2O4. The van der Waals surface area contributed by atoms with Gasteiger partial charge in [0.05, 0.1) is 13.2 Å². The molecule has 0 aliphatic carbocycles. The van der Waals surface area contributed by atoms with Crippen molar-refractivity contribution >= 4 is 12.0 Å². The van der Waals surface area contributed by atoms with Crippen LogP contribution in [0.1, 0.15) is 33.1 Å². The number of carbonyl (C=O) groups excluding carboxylic acids is 1. The summed E-state index contributed by atoms with van der Waals surface area (Å²) in [4.78, 5) is 26.8. The molecule has 0 aromatic carbocycles. The van der Waals surface area contributed by atoms with Gasteiger partial charge in [0, 0.05) is 19.6 Å². The summed E-state index contributed by atoms with van der Waals surface area (Å²) in [5, 5.41) is 8.97. The number of likely N-dealkylation sites (tertiary alicyclic amines) is 1. The Balaban J connectivity index is 1.90. The van der Waals surface area contributed by atoms with Crippen LogP contribution in [0.3, 0.4) is 0 Å². The second kappa shape index (κ2) is 5.99. The van der Waals surface area contributed by atoms with Crippen LogP contribution >= 0.6 is 0 Å². The number of ether oxygens (including phenoxy) is 1. The largest absolute Gasteiger partial charge is 0.479 e. The van der Waals surface area contributed by atoms with Crippen molar-refractivity contribution in [3.05, 3.63) is 0 Å². The van der Waals surface area contributed by atoms with Crippen LogP contribution < -0.4 is 0 Å². The molecule has 1 N–H and O–H groups in total. The van der Waals surface area contributed by atoms with Gasteiger partial charge < -0.3 is 19.6 Å².